The normalized spacial score (nSPS) is 9.55. The Morgan fingerprint density at radius 2 is 2.45 bits per heavy atom. The van der Waals surface area contributed by atoms with E-state index in [1.807, 2.05) is 19.1 Å². The van der Waals surface area contributed by atoms with E-state index in [9.17, 15) is 4.79 Å². The lowest BCUT2D eigenvalue weighted by Gasteiger charge is -1.93. The fourth-order valence-electron chi connectivity index (χ4n) is 0.826. The number of aryl methyl sites for hydroxylation is 1. The molecule has 1 aromatic rings. The van der Waals surface area contributed by atoms with E-state index in [1.54, 1.807) is 0 Å². The molecule has 1 rings (SSSR count). The van der Waals surface area contributed by atoms with Gasteiger partial charge in [-0.1, -0.05) is 6.58 Å². The fraction of sp³-hybridized carbons (Fsp3) is 0.222. The number of aldehydes is 1. The van der Waals surface area contributed by atoms with Crippen molar-refractivity contribution in [3.8, 4) is 0 Å². The average Bonchev–Trinajstić information content (AvgIpc) is 2.36. The summed E-state index contributed by atoms with van der Waals surface area (Å²) in [5, 5.41) is 0. The number of carbonyl (C=O) groups excluding carboxylic acids is 1. The van der Waals surface area contributed by atoms with Gasteiger partial charge in [0.1, 0.15) is 17.8 Å². The number of furan rings is 1. The molecule has 0 unspecified atom stereocenters. The monoisotopic (exact) mass is 150 g/mol. The van der Waals surface area contributed by atoms with Gasteiger partial charge in [0.15, 0.2) is 0 Å². The molecule has 1 aromatic heterocycles. The van der Waals surface area contributed by atoms with Crippen LogP contribution in [0.3, 0.4) is 0 Å². The molecule has 0 radical (unpaired) electrons. The first-order valence-corrected chi connectivity index (χ1v) is 3.42. The lowest BCUT2D eigenvalue weighted by Crippen LogP contribution is -1.79. The minimum Gasteiger partial charge on any atom is -0.462 e. The van der Waals surface area contributed by atoms with Gasteiger partial charge in [0.2, 0.25) is 0 Å². The summed E-state index contributed by atoms with van der Waals surface area (Å²) in [5.41, 5.74) is 0.730. The van der Waals surface area contributed by atoms with Gasteiger partial charge in [-0.25, -0.2) is 0 Å². The topological polar surface area (TPSA) is 30.2 Å². The van der Waals surface area contributed by atoms with E-state index in [4.69, 9.17) is 4.42 Å². The lowest BCUT2D eigenvalue weighted by atomic mass is 10.2. The van der Waals surface area contributed by atoms with Crippen LogP contribution in [0.4, 0.5) is 0 Å². The second kappa shape index (κ2) is 3.19. The quantitative estimate of drug-likeness (QED) is 0.618. The molecule has 0 saturated heterocycles. The third-order valence-corrected chi connectivity index (χ3v) is 1.42. The highest BCUT2D eigenvalue weighted by molar-refractivity contribution is 5.73. The van der Waals surface area contributed by atoms with E-state index in [1.165, 1.54) is 0 Å². The highest BCUT2D eigenvalue weighted by Gasteiger charge is 2.01. The first-order chi connectivity index (χ1) is 5.24. The van der Waals surface area contributed by atoms with Gasteiger partial charge in [-0.2, -0.15) is 0 Å². The highest BCUT2D eigenvalue weighted by atomic mass is 16.3. The second-order valence-electron chi connectivity index (χ2n) is 2.38. The van der Waals surface area contributed by atoms with Gasteiger partial charge in [-0.3, -0.25) is 0 Å². The van der Waals surface area contributed by atoms with Crippen molar-refractivity contribution in [3.05, 3.63) is 30.2 Å². The Labute approximate surface area is 65.5 Å². The molecule has 1 heterocycles. The van der Waals surface area contributed by atoms with Crippen molar-refractivity contribution in [1.29, 1.82) is 0 Å². The smallest absolute Gasteiger partial charge is 0.130 e. The third kappa shape index (κ3) is 1.80. The molecule has 0 aliphatic rings. The molecule has 0 spiro atoms. The zero-order chi connectivity index (χ0) is 8.27. The molecule has 0 aliphatic carbocycles. The summed E-state index contributed by atoms with van der Waals surface area (Å²) in [6.45, 7) is 5.56. The molecule has 2 nitrogen and oxygen atoms in total. The van der Waals surface area contributed by atoms with Crippen molar-refractivity contribution >= 4 is 11.9 Å². The van der Waals surface area contributed by atoms with Gasteiger partial charge in [-0.15, -0.1) is 0 Å². The number of allylic oxidation sites excluding steroid dienone is 1. The maximum Gasteiger partial charge on any atom is 0.130 e. The maximum atomic E-state index is 10.1. The van der Waals surface area contributed by atoms with E-state index in [0.717, 1.165) is 17.6 Å². The largest absolute Gasteiger partial charge is 0.462 e. The van der Waals surface area contributed by atoms with Crippen molar-refractivity contribution in [3.63, 3.8) is 0 Å². The highest BCUT2D eigenvalue weighted by Crippen LogP contribution is 2.17. The van der Waals surface area contributed by atoms with Crippen LogP contribution < -0.4 is 0 Å². The van der Waals surface area contributed by atoms with Crippen LogP contribution >= 0.6 is 0 Å². The first kappa shape index (κ1) is 7.79. The Hall–Kier alpha value is -1.31. The standard InChI is InChI=1S/C9H10O2/c1-7(5-6-10)9-4-3-8(2)11-9/h3-4,6H,1,5H2,2H3. The minimum absolute atomic E-state index is 0.340. The Morgan fingerprint density at radius 3 is 2.91 bits per heavy atom. The van der Waals surface area contributed by atoms with Crippen LogP contribution in [0.25, 0.3) is 5.57 Å². The zero-order valence-electron chi connectivity index (χ0n) is 6.46. The molecule has 11 heavy (non-hydrogen) atoms. The van der Waals surface area contributed by atoms with Crippen LogP contribution in [0.2, 0.25) is 0 Å². The van der Waals surface area contributed by atoms with E-state index < -0.39 is 0 Å². The Bertz CT molecular complexity index is 271. The van der Waals surface area contributed by atoms with E-state index in [2.05, 4.69) is 6.58 Å². The fourth-order valence-corrected chi connectivity index (χ4v) is 0.826. The molecule has 0 fully saturated rings. The summed E-state index contributed by atoms with van der Waals surface area (Å²) in [6, 6.07) is 3.67. The van der Waals surface area contributed by atoms with Crippen LogP contribution in [-0.2, 0) is 4.79 Å². The second-order valence-corrected chi connectivity index (χ2v) is 2.38. The number of hydrogen-bond donors (Lipinski definition) is 0. The number of carbonyl (C=O) groups is 1. The zero-order valence-corrected chi connectivity index (χ0v) is 6.46. The van der Waals surface area contributed by atoms with E-state index in [-0.39, 0.29) is 0 Å². The van der Waals surface area contributed by atoms with Gasteiger partial charge in [0.25, 0.3) is 0 Å². The Balaban J connectivity index is 2.76. The lowest BCUT2D eigenvalue weighted by molar-refractivity contribution is -0.107. The van der Waals surface area contributed by atoms with Crippen LogP contribution in [-0.4, -0.2) is 6.29 Å². The van der Waals surface area contributed by atoms with Crippen LogP contribution in [0.5, 0.6) is 0 Å². The molecular weight excluding hydrogens is 140 g/mol. The van der Waals surface area contributed by atoms with Gasteiger partial charge >= 0.3 is 0 Å². The predicted molar refractivity (Wildman–Crippen MR) is 43.2 cm³/mol. The third-order valence-electron chi connectivity index (χ3n) is 1.42. The molecule has 0 atom stereocenters. The number of rotatable bonds is 3. The SMILES string of the molecule is C=C(CC=O)c1ccc(C)o1. The van der Waals surface area contributed by atoms with Crippen molar-refractivity contribution in [2.45, 2.75) is 13.3 Å². The molecule has 0 aromatic carbocycles. The minimum atomic E-state index is 0.340. The van der Waals surface area contributed by atoms with Crippen molar-refractivity contribution in [2.75, 3.05) is 0 Å². The summed E-state index contributed by atoms with van der Waals surface area (Å²) in [7, 11) is 0. The van der Waals surface area contributed by atoms with Crippen LogP contribution in [0, 0.1) is 6.92 Å². The summed E-state index contributed by atoms with van der Waals surface area (Å²) >= 11 is 0. The van der Waals surface area contributed by atoms with E-state index in [0.29, 0.717) is 12.2 Å². The number of hydrogen-bond acceptors (Lipinski definition) is 2. The molecule has 58 valence electrons. The maximum absolute atomic E-state index is 10.1. The van der Waals surface area contributed by atoms with Gasteiger partial charge in [0.05, 0.1) is 0 Å². The predicted octanol–water partition coefficient (Wildman–Crippen LogP) is 2.19. The Morgan fingerprint density at radius 1 is 1.73 bits per heavy atom. The van der Waals surface area contributed by atoms with Crippen molar-refractivity contribution in [2.24, 2.45) is 0 Å². The average molecular weight is 150 g/mol. The summed E-state index contributed by atoms with van der Waals surface area (Å²) in [4.78, 5) is 10.1. The summed E-state index contributed by atoms with van der Waals surface area (Å²) in [5.74, 6) is 1.54. The molecule has 0 aliphatic heterocycles. The molecule has 2 heteroatoms. The summed E-state index contributed by atoms with van der Waals surface area (Å²) in [6.07, 6.45) is 1.16. The van der Waals surface area contributed by atoms with Gasteiger partial charge in [-0.05, 0) is 24.6 Å². The molecule has 0 amide bonds. The van der Waals surface area contributed by atoms with Gasteiger partial charge in [0, 0.05) is 6.42 Å². The molecule has 0 saturated carbocycles. The van der Waals surface area contributed by atoms with Crippen LogP contribution in [0.1, 0.15) is 17.9 Å². The van der Waals surface area contributed by atoms with Crippen molar-refractivity contribution < 1.29 is 9.21 Å². The first-order valence-electron chi connectivity index (χ1n) is 3.42. The summed E-state index contributed by atoms with van der Waals surface area (Å²) < 4.78 is 5.24. The van der Waals surface area contributed by atoms with Gasteiger partial charge < -0.3 is 9.21 Å². The molecule has 0 N–H and O–H groups in total. The van der Waals surface area contributed by atoms with Crippen LogP contribution in [0.15, 0.2) is 23.1 Å². The van der Waals surface area contributed by atoms with E-state index >= 15 is 0 Å². The molecule has 0 bridgehead atoms. The van der Waals surface area contributed by atoms with Crippen molar-refractivity contribution in [1.82, 2.24) is 0 Å². The molecular formula is C9H10O2. The Kier molecular flexibility index (Phi) is 2.26.